The van der Waals surface area contributed by atoms with E-state index < -0.39 is 12.1 Å². The second-order valence-electron chi connectivity index (χ2n) is 4.62. The molecule has 0 aromatic heterocycles. The van der Waals surface area contributed by atoms with Crippen LogP contribution >= 0.6 is 0 Å². The largest absolute Gasteiger partial charge is 0.458 e. The van der Waals surface area contributed by atoms with Gasteiger partial charge in [-0.1, -0.05) is 48.6 Å². The monoisotopic (exact) mass is 272 g/mol. The molecule has 20 heavy (non-hydrogen) atoms. The van der Waals surface area contributed by atoms with Crippen LogP contribution in [0.3, 0.4) is 0 Å². The SMILES string of the molecule is O=C(C=CC1C=CC(O)C(=O)C1)OCc1ccccc1. The van der Waals surface area contributed by atoms with Crippen molar-refractivity contribution >= 4 is 11.8 Å². The number of aliphatic hydroxyl groups excluding tert-OH is 1. The van der Waals surface area contributed by atoms with Gasteiger partial charge in [0, 0.05) is 18.4 Å². The van der Waals surface area contributed by atoms with E-state index in [0.717, 1.165) is 5.56 Å². The Morgan fingerprint density at radius 2 is 2.05 bits per heavy atom. The van der Waals surface area contributed by atoms with Gasteiger partial charge in [0.2, 0.25) is 0 Å². The highest BCUT2D eigenvalue weighted by molar-refractivity contribution is 5.87. The Bertz CT molecular complexity index is 531. The van der Waals surface area contributed by atoms with Gasteiger partial charge in [0.25, 0.3) is 0 Å². The molecule has 1 aromatic rings. The van der Waals surface area contributed by atoms with Crippen LogP contribution in [-0.2, 0) is 20.9 Å². The van der Waals surface area contributed by atoms with E-state index in [-0.39, 0.29) is 24.7 Å². The smallest absolute Gasteiger partial charge is 0.330 e. The van der Waals surface area contributed by atoms with E-state index in [2.05, 4.69) is 0 Å². The number of rotatable bonds is 4. The van der Waals surface area contributed by atoms with Gasteiger partial charge >= 0.3 is 5.97 Å². The first-order chi connectivity index (χ1) is 9.65. The molecule has 1 aliphatic carbocycles. The molecular formula is C16H16O4. The van der Waals surface area contributed by atoms with Crippen LogP contribution in [-0.4, -0.2) is 23.0 Å². The minimum absolute atomic E-state index is 0.157. The van der Waals surface area contributed by atoms with Crippen molar-refractivity contribution < 1.29 is 19.4 Å². The molecule has 0 heterocycles. The molecule has 0 bridgehead atoms. The van der Waals surface area contributed by atoms with Crippen LogP contribution in [0.1, 0.15) is 12.0 Å². The fourth-order valence-corrected chi connectivity index (χ4v) is 1.89. The van der Waals surface area contributed by atoms with Crippen LogP contribution in [0.25, 0.3) is 0 Å². The van der Waals surface area contributed by atoms with Gasteiger partial charge in [0.1, 0.15) is 12.7 Å². The van der Waals surface area contributed by atoms with Crippen LogP contribution in [0.4, 0.5) is 0 Å². The lowest BCUT2D eigenvalue weighted by molar-refractivity contribution is -0.139. The molecule has 1 aliphatic rings. The number of aliphatic hydroxyl groups is 1. The first kappa shape index (κ1) is 14.2. The van der Waals surface area contributed by atoms with E-state index in [1.807, 2.05) is 30.3 Å². The number of ether oxygens (including phenoxy) is 1. The van der Waals surface area contributed by atoms with E-state index in [9.17, 15) is 14.7 Å². The number of ketones is 1. The zero-order valence-electron chi connectivity index (χ0n) is 10.9. The average molecular weight is 272 g/mol. The normalized spacial score (nSPS) is 22.1. The second-order valence-corrected chi connectivity index (χ2v) is 4.62. The predicted octanol–water partition coefficient (Wildman–Crippen LogP) is 1.79. The van der Waals surface area contributed by atoms with Crippen LogP contribution in [0, 0.1) is 5.92 Å². The van der Waals surface area contributed by atoms with E-state index in [0.29, 0.717) is 0 Å². The molecule has 4 nitrogen and oxygen atoms in total. The second kappa shape index (κ2) is 6.82. The number of carbonyl (C=O) groups is 2. The van der Waals surface area contributed by atoms with Crippen molar-refractivity contribution in [2.75, 3.05) is 0 Å². The summed E-state index contributed by atoms with van der Waals surface area (Å²) in [6, 6.07) is 9.40. The fraction of sp³-hybridized carbons (Fsp3) is 0.250. The first-order valence-corrected chi connectivity index (χ1v) is 6.43. The van der Waals surface area contributed by atoms with Crippen molar-refractivity contribution in [3.8, 4) is 0 Å². The number of hydrogen-bond donors (Lipinski definition) is 1. The Balaban J connectivity index is 1.81. The molecule has 1 N–H and O–H groups in total. The van der Waals surface area contributed by atoms with Crippen molar-refractivity contribution in [1.29, 1.82) is 0 Å². The first-order valence-electron chi connectivity index (χ1n) is 6.43. The molecular weight excluding hydrogens is 256 g/mol. The van der Waals surface area contributed by atoms with E-state index in [1.165, 1.54) is 12.2 Å². The van der Waals surface area contributed by atoms with Crippen molar-refractivity contribution in [3.05, 3.63) is 60.2 Å². The third-order valence-electron chi connectivity index (χ3n) is 3.01. The fourth-order valence-electron chi connectivity index (χ4n) is 1.89. The Morgan fingerprint density at radius 3 is 2.75 bits per heavy atom. The van der Waals surface area contributed by atoms with Crippen LogP contribution in [0.15, 0.2) is 54.6 Å². The highest BCUT2D eigenvalue weighted by Crippen LogP contribution is 2.16. The number of benzene rings is 1. The molecule has 2 unspecified atom stereocenters. The van der Waals surface area contributed by atoms with Crippen molar-refractivity contribution in [3.63, 3.8) is 0 Å². The summed E-state index contributed by atoms with van der Waals surface area (Å²) in [6.45, 7) is 0.224. The summed E-state index contributed by atoms with van der Waals surface area (Å²) >= 11 is 0. The molecule has 104 valence electrons. The minimum atomic E-state index is -1.01. The summed E-state index contributed by atoms with van der Waals surface area (Å²) in [4.78, 5) is 22.8. The Hall–Kier alpha value is -2.20. The number of esters is 1. The molecule has 4 heteroatoms. The molecule has 0 amide bonds. The van der Waals surface area contributed by atoms with Gasteiger partial charge in [-0.3, -0.25) is 4.79 Å². The highest BCUT2D eigenvalue weighted by Gasteiger charge is 2.20. The van der Waals surface area contributed by atoms with Crippen molar-refractivity contribution in [2.24, 2.45) is 5.92 Å². The van der Waals surface area contributed by atoms with E-state index >= 15 is 0 Å². The lowest BCUT2D eigenvalue weighted by atomic mass is 9.93. The zero-order valence-corrected chi connectivity index (χ0v) is 10.9. The van der Waals surface area contributed by atoms with E-state index in [1.54, 1.807) is 12.2 Å². The Labute approximate surface area is 117 Å². The zero-order chi connectivity index (χ0) is 14.4. The molecule has 0 radical (unpaired) electrons. The number of carbonyl (C=O) groups excluding carboxylic acids is 2. The minimum Gasteiger partial charge on any atom is -0.458 e. The van der Waals surface area contributed by atoms with Gasteiger partial charge in [-0.2, -0.15) is 0 Å². The Morgan fingerprint density at radius 1 is 1.30 bits per heavy atom. The molecule has 0 fully saturated rings. The molecule has 0 saturated heterocycles. The molecule has 2 rings (SSSR count). The van der Waals surface area contributed by atoms with Gasteiger partial charge in [0.05, 0.1) is 0 Å². The van der Waals surface area contributed by atoms with Gasteiger partial charge in [-0.25, -0.2) is 4.79 Å². The maximum absolute atomic E-state index is 11.5. The summed E-state index contributed by atoms with van der Waals surface area (Å²) in [6.07, 6.45) is 5.30. The van der Waals surface area contributed by atoms with Crippen molar-refractivity contribution in [2.45, 2.75) is 19.1 Å². The molecule has 0 spiro atoms. The summed E-state index contributed by atoms with van der Waals surface area (Å²) in [5.41, 5.74) is 0.921. The third kappa shape index (κ3) is 4.17. The van der Waals surface area contributed by atoms with Gasteiger partial charge in [0.15, 0.2) is 5.78 Å². The summed E-state index contributed by atoms with van der Waals surface area (Å²) in [5.74, 6) is -0.837. The molecule has 2 atom stereocenters. The van der Waals surface area contributed by atoms with Crippen LogP contribution < -0.4 is 0 Å². The quantitative estimate of drug-likeness (QED) is 0.515. The molecule has 1 aromatic carbocycles. The van der Waals surface area contributed by atoms with Crippen LogP contribution in [0.5, 0.6) is 0 Å². The number of hydrogen-bond acceptors (Lipinski definition) is 4. The number of Topliss-reactive ketones (excluding diaryl/α,β-unsaturated/α-hetero) is 1. The third-order valence-corrected chi connectivity index (χ3v) is 3.01. The van der Waals surface area contributed by atoms with Gasteiger partial charge in [-0.15, -0.1) is 0 Å². The molecule has 0 saturated carbocycles. The summed E-state index contributed by atoms with van der Waals surface area (Å²) < 4.78 is 5.08. The maximum Gasteiger partial charge on any atom is 0.330 e. The lowest BCUT2D eigenvalue weighted by Crippen LogP contribution is -2.23. The van der Waals surface area contributed by atoms with Gasteiger partial charge < -0.3 is 9.84 Å². The highest BCUT2D eigenvalue weighted by atomic mass is 16.5. The summed E-state index contributed by atoms with van der Waals surface area (Å²) in [7, 11) is 0. The average Bonchev–Trinajstić information content (AvgIpc) is 2.47. The van der Waals surface area contributed by atoms with Crippen LogP contribution in [0.2, 0.25) is 0 Å². The maximum atomic E-state index is 11.5. The number of allylic oxidation sites excluding steroid dienone is 2. The van der Waals surface area contributed by atoms with E-state index in [4.69, 9.17) is 4.74 Å². The predicted molar refractivity (Wildman–Crippen MR) is 73.6 cm³/mol. The topological polar surface area (TPSA) is 63.6 Å². The Kier molecular flexibility index (Phi) is 4.85. The standard InChI is InChI=1S/C16H16O4/c17-14-8-6-12(10-15(14)18)7-9-16(19)20-11-13-4-2-1-3-5-13/h1-9,12,14,17H,10-11H2. The molecule has 0 aliphatic heterocycles. The lowest BCUT2D eigenvalue weighted by Gasteiger charge is -2.15. The van der Waals surface area contributed by atoms with Crippen molar-refractivity contribution in [1.82, 2.24) is 0 Å². The summed E-state index contributed by atoms with van der Waals surface area (Å²) in [5, 5.41) is 9.23. The van der Waals surface area contributed by atoms with Gasteiger partial charge in [-0.05, 0) is 5.56 Å².